The zero-order chi connectivity index (χ0) is 14.0. The highest BCUT2D eigenvalue weighted by molar-refractivity contribution is 5.38. The van der Waals surface area contributed by atoms with Crippen LogP contribution in [-0.2, 0) is 6.54 Å². The summed E-state index contributed by atoms with van der Waals surface area (Å²) >= 11 is 0. The lowest BCUT2D eigenvalue weighted by Gasteiger charge is -2.18. The molecule has 2 aromatic heterocycles. The molecule has 0 amide bonds. The molecule has 5 nitrogen and oxygen atoms in total. The second kappa shape index (κ2) is 5.38. The first kappa shape index (κ1) is 13.5. The molecule has 0 spiro atoms. The first-order valence-electron chi connectivity index (χ1n) is 6.52. The Morgan fingerprint density at radius 2 is 2.05 bits per heavy atom. The van der Waals surface area contributed by atoms with Crippen LogP contribution >= 0.6 is 0 Å². The largest absolute Gasteiger partial charge is 0.355 e. The van der Waals surface area contributed by atoms with Crippen LogP contribution in [0.3, 0.4) is 0 Å². The summed E-state index contributed by atoms with van der Waals surface area (Å²) in [6, 6.07) is 2.30. The zero-order valence-corrected chi connectivity index (χ0v) is 12.3. The summed E-state index contributed by atoms with van der Waals surface area (Å²) in [4.78, 5) is 10.3. The van der Waals surface area contributed by atoms with Crippen molar-refractivity contribution in [3.8, 4) is 0 Å². The predicted molar refractivity (Wildman–Crippen MR) is 76.2 cm³/mol. The first-order valence-corrected chi connectivity index (χ1v) is 6.52. The van der Waals surface area contributed by atoms with Gasteiger partial charge >= 0.3 is 0 Å². The van der Waals surface area contributed by atoms with E-state index in [1.165, 1.54) is 11.3 Å². The Labute approximate surface area is 114 Å². The molecule has 5 heteroatoms. The Kier molecular flexibility index (Phi) is 3.83. The summed E-state index contributed by atoms with van der Waals surface area (Å²) < 4.78 is 2.08. The molecule has 0 saturated carbocycles. The van der Waals surface area contributed by atoms with Crippen molar-refractivity contribution in [2.45, 2.75) is 40.3 Å². The average molecular weight is 259 g/mol. The SMILES string of the molecule is Cc1nn(C(C)C)c(C)c1CN(C)c1ccncn1. The van der Waals surface area contributed by atoms with Crippen LogP contribution in [0.2, 0.25) is 0 Å². The van der Waals surface area contributed by atoms with Gasteiger partial charge in [0.25, 0.3) is 0 Å². The van der Waals surface area contributed by atoms with Crippen molar-refractivity contribution in [2.75, 3.05) is 11.9 Å². The molecule has 0 fully saturated rings. The molecule has 0 aliphatic heterocycles. The molecule has 0 radical (unpaired) electrons. The second-order valence-corrected chi connectivity index (χ2v) is 5.11. The fraction of sp³-hybridized carbons (Fsp3) is 0.500. The van der Waals surface area contributed by atoms with Gasteiger partial charge in [-0.3, -0.25) is 4.68 Å². The molecular weight excluding hydrogens is 238 g/mol. The number of aromatic nitrogens is 4. The summed E-state index contributed by atoms with van der Waals surface area (Å²) in [6.07, 6.45) is 3.33. The Morgan fingerprint density at radius 1 is 1.32 bits per heavy atom. The molecule has 0 aliphatic rings. The molecule has 0 atom stereocenters. The number of aryl methyl sites for hydroxylation is 1. The first-order chi connectivity index (χ1) is 9.00. The third-order valence-electron chi connectivity index (χ3n) is 3.32. The van der Waals surface area contributed by atoms with Gasteiger partial charge in [0, 0.05) is 37.1 Å². The van der Waals surface area contributed by atoms with Gasteiger partial charge in [-0.25, -0.2) is 9.97 Å². The lowest BCUT2D eigenvalue weighted by molar-refractivity contribution is 0.515. The van der Waals surface area contributed by atoms with Crippen LogP contribution < -0.4 is 4.90 Å². The molecule has 0 unspecified atom stereocenters. The van der Waals surface area contributed by atoms with E-state index in [-0.39, 0.29) is 0 Å². The van der Waals surface area contributed by atoms with Gasteiger partial charge in [0.1, 0.15) is 12.1 Å². The number of hydrogen-bond acceptors (Lipinski definition) is 4. The van der Waals surface area contributed by atoms with E-state index < -0.39 is 0 Å². The smallest absolute Gasteiger partial charge is 0.131 e. The Balaban J connectivity index is 2.24. The molecule has 2 rings (SSSR count). The Morgan fingerprint density at radius 3 is 2.58 bits per heavy atom. The standard InChI is InChI=1S/C14H21N5/c1-10(2)19-12(4)13(11(3)17-19)8-18(5)14-6-7-15-9-16-14/h6-7,9-10H,8H2,1-5H3. The predicted octanol–water partition coefficient (Wildman–Crippen LogP) is 2.51. The maximum absolute atomic E-state index is 4.61. The number of anilines is 1. The lowest BCUT2D eigenvalue weighted by atomic mass is 10.2. The molecule has 0 saturated heterocycles. The number of rotatable bonds is 4. The molecule has 19 heavy (non-hydrogen) atoms. The molecule has 0 bridgehead atoms. The summed E-state index contributed by atoms with van der Waals surface area (Å²) in [5.74, 6) is 0.922. The van der Waals surface area contributed by atoms with Crippen molar-refractivity contribution < 1.29 is 0 Å². The minimum absolute atomic E-state index is 0.386. The van der Waals surface area contributed by atoms with Gasteiger partial charge in [-0.1, -0.05) is 0 Å². The van der Waals surface area contributed by atoms with Crippen molar-refractivity contribution in [1.29, 1.82) is 0 Å². The van der Waals surface area contributed by atoms with E-state index in [1.54, 1.807) is 12.5 Å². The van der Waals surface area contributed by atoms with Crippen molar-refractivity contribution in [3.05, 3.63) is 35.5 Å². The maximum Gasteiger partial charge on any atom is 0.131 e. The van der Waals surface area contributed by atoms with Crippen LogP contribution in [0.5, 0.6) is 0 Å². The minimum Gasteiger partial charge on any atom is -0.355 e. The van der Waals surface area contributed by atoms with Crippen LogP contribution in [0.25, 0.3) is 0 Å². The van der Waals surface area contributed by atoms with E-state index in [2.05, 4.69) is 52.3 Å². The van der Waals surface area contributed by atoms with E-state index in [4.69, 9.17) is 0 Å². The summed E-state index contributed by atoms with van der Waals surface area (Å²) in [6.45, 7) is 9.30. The molecule has 2 aromatic rings. The van der Waals surface area contributed by atoms with E-state index in [0.717, 1.165) is 18.1 Å². The lowest BCUT2D eigenvalue weighted by Crippen LogP contribution is -2.18. The van der Waals surface area contributed by atoms with Crippen LogP contribution in [0, 0.1) is 13.8 Å². The molecule has 102 valence electrons. The van der Waals surface area contributed by atoms with Gasteiger partial charge in [0.2, 0.25) is 0 Å². The number of nitrogens with zero attached hydrogens (tertiary/aromatic N) is 5. The zero-order valence-electron chi connectivity index (χ0n) is 12.3. The quantitative estimate of drug-likeness (QED) is 0.846. The highest BCUT2D eigenvalue weighted by Gasteiger charge is 2.15. The summed E-state index contributed by atoms with van der Waals surface area (Å²) in [5.41, 5.74) is 3.59. The monoisotopic (exact) mass is 259 g/mol. The van der Waals surface area contributed by atoms with Crippen LogP contribution in [0.15, 0.2) is 18.6 Å². The molecular formula is C14H21N5. The summed E-state index contributed by atoms with van der Waals surface area (Å²) in [5, 5.41) is 4.61. The number of hydrogen-bond donors (Lipinski definition) is 0. The fourth-order valence-electron chi connectivity index (χ4n) is 2.26. The van der Waals surface area contributed by atoms with Crippen molar-refractivity contribution in [2.24, 2.45) is 0 Å². The molecule has 0 N–H and O–H groups in total. The topological polar surface area (TPSA) is 46.8 Å². The normalized spacial score (nSPS) is 11.1. The van der Waals surface area contributed by atoms with Gasteiger partial charge < -0.3 is 4.90 Å². The average Bonchev–Trinajstić information content (AvgIpc) is 2.68. The highest BCUT2D eigenvalue weighted by atomic mass is 15.3. The van der Waals surface area contributed by atoms with Gasteiger partial charge in [-0.2, -0.15) is 5.10 Å². The third-order valence-corrected chi connectivity index (χ3v) is 3.32. The van der Waals surface area contributed by atoms with Crippen LogP contribution in [-0.4, -0.2) is 26.8 Å². The van der Waals surface area contributed by atoms with Crippen molar-refractivity contribution in [3.63, 3.8) is 0 Å². The molecule has 0 aliphatic carbocycles. The van der Waals surface area contributed by atoms with Crippen molar-refractivity contribution in [1.82, 2.24) is 19.7 Å². The van der Waals surface area contributed by atoms with Gasteiger partial charge in [-0.15, -0.1) is 0 Å². The van der Waals surface area contributed by atoms with Gasteiger partial charge in [0.15, 0.2) is 0 Å². The Hall–Kier alpha value is -1.91. The van der Waals surface area contributed by atoms with E-state index in [9.17, 15) is 0 Å². The van der Waals surface area contributed by atoms with E-state index in [1.807, 2.05) is 13.1 Å². The van der Waals surface area contributed by atoms with Crippen molar-refractivity contribution >= 4 is 5.82 Å². The van der Waals surface area contributed by atoms with E-state index >= 15 is 0 Å². The molecule has 2 heterocycles. The fourth-order valence-corrected chi connectivity index (χ4v) is 2.26. The van der Waals surface area contributed by atoms with Gasteiger partial charge in [-0.05, 0) is 33.8 Å². The van der Waals surface area contributed by atoms with Crippen LogP contribution in [0.1, 0.15) is 36.8 Å². The molecule has 0 aromatic carbocycles. The minimum atomic E-state index is 0.386. The van der Waals surface area contributed by atoms with E-state index in [0.29, 0.717) is 6.04 Å². The van der Waals surface area contributed by atoms with Crippen LogP contribution in [0.4, 0.5) is 5.82 Å². The summed E-state index contributed by atoms with van der Waals surface area (Å²) in [7, 11) is 2.04. The van der Waals surface area contributed by atoms with Gasteiger partial charge in [0.05, 0.1) is 5.69 Å². The maximum atomic E-state index is 4.61. The second-order valence-electron chi connectivity index (χ2n) is 5.11. The third kappa shape index (κ3) is 2.75. The Bertz CT molecular complexity index is 544. The highest BCUT2D eigenvalue weighted by Crippen LogP contribution is 2.20.